The molecule has 3 aromatic rings. The predicted molar refractivity (Wildman–Crippen MR) is 98.6 cm³/mol. The second-order valence-electron chi connectivity index (χ2n) is 5.96. The van der Waals surface area contributed by atoms with Gasteiger partial charge in [-0.1, -0.05) is 6.07 Å². The molecule has 0 saturated heterocycles. The third-order valence-corrected chi connectivity index (χ3v) is 5.33. The molecule has 28 heavy (non-hydrogen) atoms. The summed E-state index contributed by atoms with van der Waals surface area (Å²) in [6.45, 7) is 1.14. The van der Waals surface area contributed by atoms with Gasteiger partial charge in [0, 0.05) is 13.1 Å². The smallest absolute Gasteiger partial charge is 0.283 e. The second-order valence-corrected chi connectivity index (χ2v) is 7.72. The average Bonchev–Trinajstić information content (AvgIpc) is 2.90. The van der Waals surface area contributed by atoms with E-state index in [2.05, 4.69) is 4.98 Å². The number of aryl methyl sites for hydroxylation is 1. The van der Waals surface area contributed by atoms with E-state index in [1.165, 1.54) is 9.12 Å². The minimum absolute atomic E-state index is 0. The van der Waals surface area contributed by atoms with Crippen LogP contribution in [0.25, 0.3) is 16.7 Å². The van der Waals surface area contributed by atoms with Crippen LogP contribution in [0.4, 0.5) is 13.2 Å². The number of unbranched alkanes of at least 4 members (excludes halogenated alkanes) is 1. The normalized spacial score (nSPS) is 12.6. The lowest BCUT2D eigenvalue weighted by Gasteiger charge is -2.10. The Balaban J connectivity index is 0.00000280. The van der Waals surface area contributed by atoms with Gasteiger partial charge in [-0.2, -0.15) is 13.2 Å². The summed E-state index contributed by atoms with van der Waals surface area (Å²) < 4.78 is 62.4. The molecule has 0 aliphatic rings. The first-order valence-electron chi connectivity index (χ1n) is 7.95. The molecule has 0 spiro atoms. The van der Waals surface area contributed by atoms with Gasteiger partial charge in [-0.05, 0) is 31.9 Å². The van der Waals surface area contributed by atoms with Gasteiger partial charge in [-0.15, -0.1) is 12.4 Å². The zero-order valence-electron chi connectivity index (χ0n) is 14.5. The summed E-state index contributed by atoms with van der Waals surface area (Å²) in [5.74, 6) is 0. The Hall–Kier alpha value is -2.18. The zero-order chi connectivity index (χ0) is 20.0. The highest BCUT2D eigenvalue weighted by Gasteiger charge is 2.45. The number of nitrogens with one attached hydrogen (secondary N) is 1. The molecule has 0 fully saturated rings. The Morgan fingerprint density at radius 1 is 1.14 bits per heavy atom. The monoisotopic (exact) mass is 440 g/mol. The fourth-order valence-corrected chi connectivity index (χ4v) is 3.45. The van der Waals surface area contributed by atoms with Crippen LogP contribution in [-0.4, -0.2) is 34.4 Å². The Morgan fingerprint density at radius 2 is 1.82 bits per heavy atom. The number of imidazole rings is 1. The lowest BCUT2D eigenvalue weighted by molar-refractivity contribution is -0.0447. The van der Waals surface area contributed by atoms with E-state index in [-0.39, 0.29) is 42.8 Å². The van der Waals surface area contributed by atoms with E-state index < -0.39 is 33.2 Å². The maximum Gasteiger partial charge on any atom is 0.511 e. The first-order chi connectivity index (χ1) is 12.5. The minimum Gasteiger partial charge on any atom is -0.283 e. The quantitative estimate of drug-likeness (QED) is 0.584. The van der Waals surface area contributed by atoms with Gasteiger partial charge in [0.25, 0.3) is 11.1 Å². The van der Waals surface area contributed by atoms with Gasteiger partial charge in [0.15, 0.2) is 0 Å². The first kappa shape index (κ1) is 22.1. The number of alkyl halides is 3. The van der Waals surface area contributed by atoms with Crippen molar-refractivity contribution in [1.82, 2.24) is 18.7 Å². The maximum absolute atomic E-state index is 12.6. The van der Waals surface area contributed by atoms with E-state index >= 15 is 0 Å². The third-order valence-electron chi connectivity index (χ3n) is 4.14. The van der Waals surface area contributed by atoms with Crippen LogP contribution < -0.4 is 15.8 Å². The number of hydrogen-bond donors (Lipinski definition) is 1. The summed E-state index contributed by atoms with van der Waals surface area (Å²) >= 11 is 0. The molecule has 8 nitrogen and oxygen atoms in total. The largest absolute Gasteiger partial charge is 0.511 e. The van der Waals surface area contributed by atoms with Crippen molar-refractivity contribution >= 4 is 39.1 Å². The molecule has 0 aliphatic heterocycles. The fraction of sp³-hybridized carbons (Fsp3) is 0.400. The molecule has 0 radical (unpaired) electrons. The van der Waals surface area contributed by atoms with Gasteiger partial charge in [0.05, 0.1) is 5.69 Å². The van der Waals surface area contributed by atoms with Gasteiger partial charge < -0.3 is 0 Å². The van der Waals surface area contributed by atoms with Crippen molar-refractivity contribution in [2.45, 2.75) is 31.8 Å². The van der Waals surface area contributed by atoms with Gasteiger partial charge in [-0.3, -0.25) is 18.6 Å². The number of aromatic nitrogens is 3. The van der Waals surface area contributed by atoms with E-state index in [0.717, 1.165) is 4.57 Å². The molecular weight excluding hydrogens is 425 g/mol. The third kappa shape index (κ3) is 3.71. The lowest BCUT2D eigenvalue weighted by Crippen LogP contribution is -2.37. The van der Waals surface area contributed by atoms with E-state index in [0.29, 0.717) is 11.3 Å². The van der Waals surface area contributed by atoms with Gasteiger partial charge in [-0.25, -0.2) is 18.1 Å². The molecule has 13 heteroatoms. The van der Waals surface area contributed by atoms with Crippen molar-refractivity contribution in [3.8, 4) is 0 Å². The molecule has 3 rings (SSSR count). The van der Waals surface area contributed by atoms with Crippen LogP contribution in [0.2, 0.25) is 0 Å². The Bertz CT molecular complexity index is 1220. The van der Waals surface area contributed by atoms with Crippen LogP contribution >= 0.6 is 12.4 Å². The minimum atomic E-state index is -5.40. The molecule has 0 aromatic carbocycles. The zero-order valence-corrected chi connectivity index (χ0v) is 16.1. The highest BCUT2D eigenvalue weighted by molar-refractivity contribution is 7.90. The van der Waals surface area contributed by atoms with E-state index in [4.69, 9.17) is 0 Å². The number of rotatable bonds is 6. The number of nitrogens with zero attached hydrogens (tertiary/aromatic N) is 3. The molecule has 0 amide bonds. The molecule has 0 saturated carbocycles. The summed E-state index contributed by atoms with van der Waals surface area (Å²) in [7, 11) is -5.40. The average molecular weight is 441 g/mol. The summed E-state index contributed by atoms with van der Waals surface area (Å²) in [6.07, 6.45) is 0.163. The SMILES string of the molecule is Cc1nc2cccc3c(=O)n(CCCCNS(=O)(=O)C(F)(F)F)c(=O)c1n23.Cl. The van der Waals surface area contributed by atoms with Crippen molar-refractivity contribution in [2.75, 3.05) is 6.54 Å². The van der Waals surface area contributed by atoms with Gasteiger partial charge >= 0.3 is 15.5 Å². The van der Waals surface area contributed by atoms with Crippen LogP contribution in [0.5, 0.6) is 0 Å². The molecule has 154 valence electrons. The molecular formula is C15H16ClF3N4O4S. The Kier molecular flexibility index (Phi) is 6.07. The fourth-order valence-electron chi connectivity index (χ4n) is 2.87. The molecule has 0 aliphatic carbocycles. The van der Waals surface area contributed by atoms with Crippen LogP contribution in [-0.2, 0) is 16.6 Å². The molecule has 1 N–H and O–H groups in total. The standard InChI is InChI=1S/C15H15F3N4O4S.ClH/c1-9-12-14(24)21(8-3-2-7-19-27(25,26)15(16,17)18)13(23)10-5-4-6-11(20-9)22(10)12;/h4-6,19H,2-3,7-8H2,1H3;1H. The maximum atomic E-state index is 12.6. The summed E-state index contributed by atoms with van der Waals surface area (Å²) in [5.41, 5.74) is -4.99. The van der Waals surface area contributed by atoms with Crippen molar-refractivity contribution in [1.29, 1.82) is 0 Å². The predicted octanol–water partition coefficient (Wildman–Crippen LogP) is 1.40. The molecule has 0 bridgehead atoms. The Labute approximate surface area is 162 Å². The molecule has 3 aromatic heterocycles. The summed E-state index contributed by atoms with van der Waals surface area (Å²) in [4.78, 5) is 29.5. The van der Waals surface area contributed by atoms with Crippen molar-refractivity contribution in [3.05, 3.63) is 44.6 Å². The number of hydrogen-bond acceptors (Lipinski definition) is 5. The van der Waals surface area contributed by atoms with E-state index in [9.17, 15) is 31.2 Å². The molecule has 0 atom stereocenters. The molecule has 0 unspecified atom stereocenters. The number of halogens is 4. The van der Waals surface area contributed by atoms with Crippen LogP contribution in [0, 0.1) is 6.92 Å². The summed E-state index contributed by atoms with van der Waals surface area (Å²) in [6, 6.07) is 4.86. The second kappa shape index (κ2) is 7.68. The van der Waals surface area contributed by atoms with Crippen LogP contribution in [0.3, 0.4) is 0 Å². The van der Waals surface area contributed by atoms with E-state index in [1.807, 2.05) is 0 Å². The van der Waals surface area contributed by atoms with Crippen molar-refractivity contribution < 1.29 is 21.6 Å². The van der Waals surface area contributed by atoms with Crippen molar-refractivity contribution in [2.24, 2.45) is 0 Å². The number of pyridine rings is 1. The van der Waals surface area contributed by atoms with Crippen molar-refractivity contribution in [3.63, 3.8) is 0 Å². The highest BCUT2D eigenvalue weighted by Crippen LogP contribution is 2.21. The Morgan fingerprint density at radius 3 is 2.46 bits per heavy atom. The van der Waals surface area contributed by atoms with Crippen LogP contribution in [0.1, 0.15) is 18.5 Å². The van der Waals surface area contributed by atoms with Crippen LogP contribution in [0.15, 0.2) is 27.8 Å². The molecule has 3 heterocycles. The lowest BCUT2D eigenvalue weighted by atomic mass is 10.3. The first-order valence-corrected chi connectivity index (χ1v) is 9.43. The highest BCUT2D eigenvalue weighted by atomic mass is 35.5. The van der Waals surface area contributed by atoms with Gasteiger partial charge in [0.2, 0.25) is 0 Å². The topological polar surface area (TPSA) is 103 Å². The van der Waals surface area contributed by atoms with Gasteiger partial charge in [0.1, 0.15) is 16.7 Å². The number of sulfonamides is 1. The summed E-state index contributed by atoms with van der Waals surface area (Å²) in [5, 5.41) is 0. The van der Waals surface area contributed by atoms with E-state index in [1.54, 1.807) is 25.1 Å².